The van der Waals surface area contributed by atoms with Gasteiger partial charge in [-0.3, -0.25) is 4.79 Å². The van der Waals surface area contributed by atoms with Gasteiger partial charge in [0.15, 0.2) is 0 Å². The summed E-state index contributed by atoms with van der Waals surface area (Å²) in [6.45, 7) is 5.81. The Kier molecular flexibility index (Phi) is 9.47. The van der Waals surface area contributed by atoms with Crippen LogP contribution in [0.5, 0.6) is 0 Å². The molecule has 0 saturated carbocycles. The Bertz CT molecular complexity index is 1010. The van der Waals surface area contributed by atoms with E-state index in [0.717, 1.165) is 35.1 Å². The Morgan fingerprint density at radius 3 is 2.23 bits per heavy atom. The van der Waals surface area contributed by atoms with Gasteiger partial charge in [0.1, 0.15) is 12.6 Å². The number of benzene rings is 2. The molecule has 7 heteroatoms. The van der Waals surface area contributed by atoms with Gasteiger partial charge in [0.2, 0.25) is 5.91 Å². The number of ether oxygens (including phenoxy) is 1. The summed E-state index contributed by atoms with van der Waals surface area (Å²) in [6.07, 6.45) is 4.09. The summed E-state index contributed by atoms with van der Waals surface area (Å²) in [5.74, 6) is -1.55. The van der Waals surface area contributed by atoms with E-state index in [4.69, 9.17) is 4.74 Å². The third-order valence-electron chi connectivity index (χ3n) is 6.30. The third kappa shape index (κ3) is 6.94. The predicted octanol–water partition coefficient (Wildman–Crippen LogP) is 5.01. The topological polar surface area (TPSA) is 105 Å². The molecule has 0 spiro atoms. The molecule has 0 aliphatic heterocycles. The number of carboxylic acid groups (broad SMARTS) is 1. The highest BCUT2D eigenvalue weighted by molar-refractivity contribution is 5.84. The first kappa shape index (κ1) is 26.0. The normalized spacial score (nSPS) is 13.7. The van der Waals surface area contributed by atoms with Crippen molar-refractivity contribution in [1.29, 1.82) is 0 Å². The van der Waals surface area contributed by atoms with Gasteiger partial charge in [0.25, 0.3) is 0 Å². The fourth-order valence-electron chi connectivity index (χ4n) is 4.50. The van der Waals surface area contributed by atoms with Crippen molar-refractivity contribution in [3.05, 3.63) is 72.3 Å². The number of carboxylic acids is 1. The standard InChI is InChI=1S/C28H34N2O5/c1-3-5-11-19(17-26(31)30-25(27(32)33)16-6-4-2)29-28(34)35-18-24-22-14-9-7-12-20(22)21-13-8-10-15-23(21)24/h4,7-10,12-15,19,24-25H,2-3,5-6,11,16-18H2,1H3,(H,29,34)(H,30,31)(H,32,33)/t19-,25?/m0/s1. The van der Waals surface area contributed by atoms with Gasteiger partial charge in [-0.2, -0.15) is 0 Å². The minimum absolute atomic E-state index is 0.0118. The lowest BCUT2D eigenvalue weighted by Gasteiger charge is -2.21. The van der Waals surface area contributed by atoms with E-state index < -0.39 is 30.1 Å². The second kappa shape index (κ2) is 12.7. The van der Waals surface area contributed by atoms with Crippen molar-refractivity contribution in [3.8, 4) is 11.1 Å². The summed E-state index contributed by atoms with van der Waals surface area (Å²) in [7, 11) is 0. The average molecular weight is 479 g/mol. The molecule has 2 aromatic rings. The highest BCUT2D eigenvalue weighted by Gasteiger charge is 2.29. The lowest BCUT2D eigenvalue weighted by atomic mass is 9.98. The minimum atomic E-state index is -1.09. The van der Waals surface area contributed by atoms with Crippen LogP contribution in [0.15, 0.2) is 61.2 Å². The number of amides is 2. The number of hydrogen-bond acceptors (Lipinski definition) is 4. The smallest absolute Gasteiger partial charge is 0.407 e. The molecule has 3 N–H and O–H groups in total. The molecule has 0 radical (unpaired) electrons. The molecule has 2 amide bonds. The van der Waals surface area contributed by atoms with Crippen LogP contribution in [-0.2, 0) is 14.3 Å². The maximum absolute atomic E-state index is 12.7. The quantitative estimate of drug-likeness (QED) is 0.351. The molecular weight excluding hydrogens is 444 g/mol. The fraction of sp³-hybridized carbons (Fsp3) is 0.393. The molecule has 2 aromatic carbocycles. The van der Waals surface area contributed by atoms with E-state index in [-0.39, 0.29) is 25.4 Å². The number of fused-ring (bicyclic) bond motifs is 3. The maximum Gasteiger partial charge on any atom is 0.407 e. The van der Waals surface area contributed by atoms with Crippen LogP contribution >= 0.6 is 0 Å². The molecule has 1 unspecified atom stereocenters. The van der Waals surface area contributed by atoms with Gasteiger partial charge in [-0.05, 0) is 41.5 Å². The number of carbonyl (C=O) groups is 3. The van der Waals surface area contributed by atoms with Crippen molar-refractivity contribution < 1.29 is 24.2 Å². The first-order chi connectivity index (χ1) is 16.9. The van der Waals surface area contributed by atoms with Gasteiger partial charge in [-0.15, -0.1) is 6.58 Å². The molecule has 2 atom stereocenters. The van der Waals surface area contributed by atoms with Crippen molar-refractivity contribution in [1.82, 2.24) is 10.6 Å². The highest BCUT2D eigenvalue weighted by Crippen LogP contribution is 2.44. The van der Waals surface area contributed by atoms with Gasteiger partial charge in [0, 0.05) is 18.4 Å². The monoisotopic (exact) mass is 478 g/mol. The molecule has 186 valence electrons. The number of unbranched alkanes of at least 4 members (excludes halogenated alkanes) is 1. The molecule has 1 aliphatic carbocycles. The summed E-state index contributed by atoms with van der Waals surface area (Å²) in [6, 6.07) is 14.8. The molecule has 0 bridgehead atoms. The van der Waals surface area contributed by atoms with E-state index in [9.17, 15) is 19.5 Å². The van der Waals surface area contributed by atoms with Crippen LogP contribution in [0.25, 0.3) is 11.1 Å². The number of alkyl carbamates (subject to hydrolysis) is 1. The Morgan fingerprint density at radius 2 is 1.66 bits per heavy atom. The van der Waals surface area contributed by atoms with Crippen LogP contribution in [0.4, 0.5) is 4.79 Å². The molecule has 0 heterocycles. The molecule has 1 aliphatic rings. The Hall–Kier alpha value is -3.61. The molecule has 7 nitrogen and oxygen atoms in total. The number of aliphatic carboxylic acids is 1. The third-order valence-corrected chi connectivity index (χ3v) is 6.30. The van der Waals surface area contributed by atoms with Crippen LogP contribution in [0.2, 0.25) is 0 Å². The highest BCUT2D eigenvalue weighted by atomic mass is 16.5. The van der Waals surface area contributed by atoms with Crippen LogP contribution < -0.4 is 10.6 Å². The zero-order valence-electron chi connectivity index (χ0n) is 20.2. The van der Waals surface area contributed by atoms with Crippen LogP contribution in [0, 0.1) is 0 Å². The lowest BCUT2D eigenvalue weighted by molar-refractivity contribution is -0.142. The molecular formula is C28H34N2O5. The summed E-state index contributed by atoms with van der Waals surface area (Å²) in [5.41, 5.74) is 4.56. The first-order valence-electron chi connectivity index (χ1n) is 12.2. The van der Waals surface area contributed by atoms with Crippen LogP contribution in [-0.4, -0.2) is 41.8 Å². The summed E-state index contributed by atoms with van der Waals surface area (Å²) < 4.78 is 5.62. The fourth-order valence-corrected chi connectivity index (χ4v) is 4.50. The van der Waals surface area contributed by atoms with Gasteiger partial charge in [0.05, 0.1) is 0 Å². The van der Waals surface area contributed by atoms with E-state index in [1.165, 1.54) is 0 Å². The lowest BCUT2D eigenvalue weighted by Crippen LogP contribution is -2.45. The molecule has 0 aromatic heterocycles. The molecule has 0 fully saturated rings. The van der Waals surface area contributed by atoms with Crippen molar-refractivity contribution in [2.45, 2.75) is 63.5 Å². The Labute approximate surface area is 206 Å². The van der Waals surface area contributed by atoms with Crippen molar-refractivity contribution in [2.24, 2.45) is 0 Å². The summed E-state index contributed by atoms with van der Waals surface area (Å²) in [5, 5.41) is 14.7. The summed E-state index contributed by atoms with van der Waals surface area (Å²) >= 11 is 0. The van der Waals surface area contributed by atoms with Crippen LogP contribution in [0.3, 0.4) is 0 Å². The summed E-state index contributed by atoms with van der Waals surface area (Å²) in [4.78, 5) is 36.6. The van der Waals surface area contributed by atoms with Gasteiger partial charge < -0.3 is 20.5 Å². The van der Waals surface area contributed by atoms with Crippen molar-refractivity contribution in [2.75, 3.05) is 6.61 Å². The van der Waals surface area contributed by atoms with Gasteiger partial charge >= 0.3 is 12.1 Å². The second-order valence-electron chi connectivity index (χ2n) is 8.84. The van der Waals surface area contributed by atoms with E-state index >= 15 is 0 Å². The van der Waals surface area contributed by atoms with Crippen molar-refractivity contribution in [3.63, 3.8) is 0 Å². The molecule has 3 rings (SSSR count). The Balaban J connectivity index is 1.59. The minimum Gasteiger partial charge on any atom is -0.480 e. The molecule has 35 heavy (non-hydrogen) atoms. The number of nitrogens with one attached hydrogen (secondary N) is 2. The van der Waals surface area contributed by atoms with E-state index in [0.29, 0.717) is 12.8 Å². The van der Waals surface area contributed by atoms with E-state index in [1.54, 1.807) is 6.08 Å². The average Bonchev–Trinajstić information content (AvgIpc) is 3.17. The maximum atomic E-state index is 12.7. The zero-order valence-corrected chi connectivity index (χ0v) is 20.2. The van der Waals surface area contributed by atoms with Gasteiger partial charge in [-0.25, -0.2) is 9.59 Å². The number of carbonyl (C=O) groups excluding carboxylic acids is 2. The first-order valence-corrected chi connectivity index (χ1v) is 12.2. The number of hydrogen-bond donors (Lipinski definition) is 3. The van der Waals surface area contributed by atoms with E-state index in [2.05, 4.69) is 41.5 Å². The Morgan fingerprint density at radius 1 is 1.03 bits per heavy atom. The second-order valence-corrected chi connectivity index (χ2v) is 8.84. The SMILES string of the molecule is C=CCCC(NC(=O)C[C@H](CCCC)NC(=O)OCC1c2ccccc2-c2ccccc21)C(=O)O. The van der Waals surface area contributed by atoms with Crippen molar-refractivity contribution >= 4 is 18.0 Å². The predicted molar refractivity (Wildman–Crippen MR) is 135 cm³/mol. The zero-order chi connectivity index (χ0) is 25.2. The van der Waals surface area contributed by atoms with Crippen LogP contribution in [0.1, 0.15) is 62.5 Å². The number of rotatable bonds is 13. The molecule has 0 saturated heterocycles. The largest absolute Gasteiger partial charge is 0.480 e. The van der Waals surface area contributed by atoms with Gasteiger partial charge in [-0.1, -0.05) is 74.4 Å². The van der Waals surface area contributed by atoms with E-state index in [1.807, 2.05) is 31.2 Å². The number of allylic oxidation sites excluding steroid dienone is 1.